The van der Waals surface area contributed by atoms with Crippen LogP contribution in [0.4, 0.5) is 0 Å². The van der Waals surface area contributed by atoms with Crippen molar-refractivity contribution in [2.75, 3.05) is 13.2 Å². The van der Waals surface area contributed by atoms with E-state index in [2.05, 4.69) is 0 Å². The molecule has 3 nitrogen and oxygen atoms in total. The van der Waals surface area contributed by atoms with Crippen molar-refractivity contribution in [3.8, 4) is 17.2 Å². The number of rotatable bonds is 5. The molecule has 0 radical (unpaired) electrons. The van der Waals surface area contributed by atoms with E-state index in [9.17, 15) is 0 Å². The van der Waals surface area contributed by atoms with Crippen LogP contribution in [-0.2, 0) is 0 Å². The molecule has 0 fully saturated rings. The third kappa shape index (κ3) is 4.03. The summed E-state index contributed by atoms with van der Waals surface area (Å²) in [6.45, 7) is 0.144. The predicted octanol–water partition coefficient (Wildman–Crippen LogP) is 4.16. The monoisotopic (exact) mass is 298 g/mol. The highest BCUT2D eigenvalue weighted by molar-refractivity contribution is 6.32. The topological polar surface area (TPSA) is 38.7 Å². The average Bonchev–Trinajstić information content (AvgIpc) is 2.38. The number of halogens is 2. The zero-order chi connectivity index (χ0) is 13.7. The summed E-state index contributed by atoms with van der Waals surface area (Å²) in [4.78, 5) is 0. The molecule has 0 saturated carbocycles. The molecule has 0 bridgehead atoms. The zero-order valence-corrected chi connectivity index (χ0v) is 11.5. The van der Waals surface area contributed by atoms with Gasteiger partial charge in [-0.05, 0) is 30.3 Å². The van der Waals surface area contributed by atoms with Gasteiger partial charge in [-0.15, -0.1) is 0 Å². The standard InChI is InChI=1S/C14H12Cl2O3/c15-10-2-1-3-11(8-10)19-12-4-5-14(13(16)9-12)18-7-6-17/h1-5,8-9,17H,6-7H2. The molecule has 1 N–H and O–H groups in total. The van der Waals surface area contributed by atoms with Crippen LogP contribution in [0.5, 0.6) is 17.2 Å². The molecule has 0 amide bonds. The Bertz CT molecular complexity index is 558. The van der Waals surface area contributed by atoms with E-state index >= 15 is 0 Å². The highest BCUT2D eigenvalue weighted by atomic mass is 35.5. The first-order chi connectivity index (χ1) is 9.19. The molecule has 0 spiro atoms. The first-order valence-corrected chi connectivity index (χ1v) is 6.41. The van der Waals surface area contributed by atoms with Crippen LogP contribution in [0.15, 0.2) is 42.5 Å². The van der Waals surface area contributed by atoms with E-state index in [0.29, 0.717) is 27.3 Å². The van der Waals surface area contributed by atoms with Crippen molar-refractivity contribution in [3.05, 3.63) is 52.5 Å². The van der Waals surface area contributed by atoms with Gasteiger partial charge in [-0.25, -0.2) is 0 Å². The van der Waals surface area contributed by atoms with Gasteiger partial charge in [0.05, 0.1) is 11.6 Å². The van der Waals surface area contributed by atoms with Crippen molar-refractivity contribution in [3.63, 3.8) is 0 Å². The lowest BCUT2D eigenvalue weighted by atomic mass is 10.3. The number of ether oxygens (including phenoxy) is 2. The van der Waals surface area contributed by atoms with Gasteiger partial charge >= 0.3 is 0 Å². The molecular formula is C14H12Cl2O3. The Morgan fingerprint density at radius 2 is 1.79 bits per heavy atom. The number of hydrogen-bond donors (Lipinski definition) is 1. The van der Waals surface area contributed by atoms with Gasteiger partial charge in [-0.1, -0.05) is 29.3 Å². The van der Waals surface area contributed by atoms with Crippen molar-refractivity contribution >= 4 is 23.2 Å². The molecule has 2 aromatic carbocycles. The first-order valence-electron chi connectivity index (χ1n) is 5.65. The van der Waals surface area contributed by atoms with Crippen LogP contribution in [0.2, 0.25) is 10.0 Å². The molecular weight excluding hydrogens is 287 g/mol. The lowest BCUT2D eigenvalue weighted by molar-refractivity contribution is 0.201. The molecule has 19 heavy (non-hydrogen) atoms. The maximum absolute atomic E-state index is 8.69. The lowest BCUT2D eigenvalue weighted by Gasteiger charge is -2.09. The summed E-state index contributed by atoms with van der Waals surface area (Å²) in [5.41, 5.74) is 0. The van der Waals surface area contributed by atoms with Crippen molar-refractivity contribution < 1.29 is 14.6 Å². The smallest absolute Gasteiger partial charge is 0.138 e. The summed E-state index contributed by atoms with van der Waals surface area (Å²) >= 11 is 11.9. The molecule has 0 aliphatic carbocycles. The zero-order valence-electron chi connectivity index (χ0n) is 9.98. The molecule has 5 heteroatoms. The predicted molar refractivity (Wildman–Crippen MR) is 75.6 cm³/mol. The maximum Gasteiger partial charge on any atom is 0.138 e. The SMILES string of the molecule is OCCOc1ccc(Oc2cccc(Cl)c2)cc1Cl. The minimum absolute atomic E-state index is 0.0584. The molecule has 2 rings (SSSR count). The summed E-state index contributed by atoms with van der Waals surface area (Å²) in [5, 5.41) is 9.72. The van der Waals surface area contributed by atoms with Gasteiger partial charge < -0.3 is 14.6 Å². The first kappa shape index (κ1) is 14.0. The number of aliphatic hydroxyl groups excluding tert-OH is 1. The van der Waals surface area contributed by atoms with E-state index in [4.69, 9.17) is 37.8 Å². The quantitative estimate of drug-likeness (QED) is 0.901. The Morgan fingerprint density at radius 1 is 1.00 bits per heavy atom. The Hall–Kier alpha value is -1.42. The van der Waals surface area contributed by atoms with Gasteiger partial charge in [0, 0.05) is 11.1 Å². The van der Waals surface area contributed by atoms with Crippen LogP contribution in [0.3, 0.4) is 0 Å². The molecule has 0 heterocycles. The second-order valence-corrected chi connectivity index (χ2v) is 4.57. The summed E-state index contributed by atoms with van der Waals surface area (Å²) < 4.78 is 10.9. The average molecular weight is 299 g/mol. The maximum atomic E-state index is 8.69. The van der Waals surface area contributed by atoms with Crippen molar-refractivity contribution in [2.24, 2.45) is 0 Å². The Balaban J connectivity index is 2.11. The fourth-order valence-electron chi connectivity index (χ4n) is 1.48. The third-order valence-corrected chi connectivity index (χ3v) is 2.81. The molecule has 2 aromatic rings. The van der Waals surface area contributed by atoms with Crippen molar-refractivity contribution in [1.29, 1.82) is 0 Å². The van der Waals surface area contributed by atoms with Gasteiger partial charge in [0.25, 0.3) is 0 Å². The molecule has 0 aliphatic rings. The molecule has 0 atom stereocenters. The van der Waals surface area contributed by atoms with Crippen molar-refractivity contribution in [1.82, 2.24) is 0 Å². The van der Waals surface area contributed by atoms with Crippen LogP contribution in [0, 0.1) is 0 Å². The highest BCUT2D eigenvalue weighted by Gasteiger charge is 2.05. The van der Waals surface area contributed by atoms with Crippen LogP contribution in [0.1, 0.15) is 0 Å². The van der Waals surface area contributed by atoms with E-state index in [-0.39, 0.29) is 13.2 Å². The van der Waals surface area contributed by atoms with E-state index in [1.54, 1.807) is 42.5 Å². The summed E-state index contributed by atoms with van der Waals surface area (Å²) in [6, 6.07) is 12.2. The lowest BCUT2D eigenvalue weighted by Crippen LogP contribution is -2.01. The Labute approximate surface area is 121 Å². The fraction of sp³-hybridized carbons (Fsp3) is 0.143. The van der Waals surface area contributed by atoms with Crippen LogP contribution in [-0.4, -0.2) is 18.3 Å². The Kier molecular flexibility index (Phi) is 4.91. The van der Waals surface area contributed by atoms with Crippen LogP contribution in [0.25, 0.3) is 0 Å². The summed E-state index contributed by atoms with van der Waals surface area (Å²) in [7, 11) is 0. The number of benzene rings is 2. The van der Waals surface area contributed by atoms with Gasteiger partial charge in [0.15, 0.2) is 0 Å². The van der Waals surface area contributed by atoms with Gasteiger partial charge in [-0.3, -0.25) is 0 Å². The molecule has 0 aromatic heterocycles. The summed E-state index contributed by atoms with van der Waals surface area (Å²) in [5.74, 6) is 1.73. The summed E-state index contributed by atoms with van der Waals surface area (Å²) in [6.07, 6.45) is 0. The van der Waals surface area contributed by atoms with Gasteiger partial charge in [-0.2, -0.15) is 0 Å². The number of hydrogen-bond acceptors (Lipinski definition) is 3. The second kappa shape index (κ2) is 6.66. The van der Waals surface area contributed by atoms with Crippen molar-refractivity contribution in [2.45, 2.75) is 0 Å². The minimum Gasteiger partial charge on any atom is -0.490 e. The Morgan fingerprint density at radius 3 is 2.47 bits per heavy atom. The third-order valence-electron chi connectivity index (χ3n) is 2.28. The number of aliphatic hydroxyl groups is 1. The van der Waals surface area contributed by atoms with Gasteiger partial charge in [0.1, 0.15) is 23.9 Å². The van der Waals surface area contributed by atoms with E-state index in [0.717, 1.165) is 0 Å². The van der Waals surface area contributed by atoms with Crippen LogP contribution < -0.4 is 9.47 Å². The molecule has 0 aliphatic heterocycles. The molecule has 100 valence electrons. The second-order valence-electron chi connectivity index (χ2n) is 3.72. The molecule has 0 saturated heterocycles. The van der Waals surface area contributed by atoms with Crippen LogP contribution >= 0.6 is 23.2 Å². The largest absolute Gasteiger partial charge is 0.490 e. The van der Waals surface area contributed by atoms with Gasteiger partial charge in [0.2, 0.25) is 0 Å². The van der Waals surface area contributed by atoms with E-state index < -0.39 is 0 Å². The minimum atomic E-state index is -0.0584. The highest BCUT2D eigenvalue weighted by Crippen LogP contribution is 2.31. The molecule has 0 unspecified atom stereocenters. The van der Waals surface area contributed by atoms with E-state index in [1.165, 1.54) is 0 Å². The normalized spacial score (nSPS) is 10.3. The fourth-order valence-corrected chi connectivity index (χ4v) is 1.89. The van der Waals surface area contributed by atoms with E-state index in [1.807, 2.05) is 0 Å².